The van der Waals surface area contributed by atoms with E-state index in [-0.39, 0.29) is 20.0 Å². The minimum atomic E-state index is -0.891. The molecule has 0 fully saturated rings. The summed E-state index contributed by atoms with van der Waals surface area (Å²) in [6.45, 7) is 0.213. The third kappa shape index (κ3) is 6.19. The Morgan fingerprint density at radius 3 is 2.33 bits per heavy atom. The lowest BCUT2D eigenvalue weighted by molar-refractivity contribution is 0.0480. The van der Waals surface area contributed by atoms with Crippen LogP contribution >= 0.6 is 0 Å². The first-order valence-corrected chi connectivity index (χ1v) is 8.37. The van der Waals surface area contributed by atoms with Crippen LogP contribution in [0.2, 0.25) is 0 Å². The lowest BCUT2D eigenvalue weighted by Gasteiger charge is -2.15. The van der Waals surface area contributed by atoms with Crippen LogP contribution in [0.5, 0.6) is 17.2 Å². The minimum Gasteiger partial charge on any atom is -0.493 e. The molecule has 144 valence electrons. The molecule has 1 N–H and O–H groups in total. The van der Waals surface area contributed by atoms with Crippen LogP contribution in [0, 0.1) is 11.8 Å². The van der Waals surface area contributed by atoms with Gasteiger partial charge in [0.2, 0.25) is 0 Å². The molecule has 0 saturated carbocycles. The Morgan fingerprint density at radius 2 is 1.59 bits per heavy atom. The van der Waals surface area contributed by atoms with Crippen LogP contribution in [0.1, 0.15) is 11.1 Å². The maximum Gasteiger partial charge on any atom is 0.188 e. The molecule has 0 aliphatic heterocycles. The van der Waals surface area contributed by atoms with E-state index in [1.54, 1.807) is 33.5 Å². The van der Waals surface area contributed by atoms with Gasteiger partial charge in [-0.3, -0.25) is 0 Å². The molecule has 2 aromatic carbocycles. The molecule has 0 amide bonds. The summed E-state index contributed by atoms with van der Waals surface area (Å²) in [5.74, 6) is 7.51. The average molecular weight is 372 g/mol. The molecular weight excluding hydrogens is 348 g/mol. The average Bonchev–Trinajstić information content (AvgIpc) is 2.70. The summed E-state index contributed by atoms with van der Waals surface area (Å²) in [6, 6.07) is 12.8. The van der Waals surface area contributed by atoms with Crippen molar-refractivity contribution in [1.29, 1.82) is 0 Å². The van der Waals surface area contributed by atoms with Gasteiger partial charge in [-0.25, -0.2) is 0 Å². The van der Waals surface area contributed by atoms with E-state index in [0.717, 1.165) is 5.56 Å². The minimum absolute atomic E-state index is 0.0827. The van der Waals surface area contributed by atoms with Crippen LogP contribution in [0.4, 0.5) is 0 Å². The fourth-order valence-corrected chi connectivity index (χ4v) is 2.40. The lowest BCUT2D eigenvalue weighted by Crippen LogP contribution is -2.10. The molecule has 0 aromatic heterocycles. The summed E-state index contributed by atoms with van der Waals surface area (Å²) in [7, 11) is 4.65. The highest BCUT2D eigenvalue weighted by Crippen LogP contribution is 2.32. The summed E-state index contributed by atoms with van der Waals surface area (Å²) < 4.78 is 26.3. The fraction of sp³-hybridized carbons (Fsp3) is 0.333. The third-order valence-corrected chi connectivity index (χ3v) is 3.61. The van der Waals surface area contributed by atoms with Gasteiger partial charge in [0, 0.05) is 26.2 Å². The van der Waals surface area contributed by atoms with Gasteiger partial charge in [0.25, 0.3) is 0 Å². The van der Waals surface area contributed by atoms with Gasteiger partial charge < -0.3 is 28.8 Å². The molecular formula is C21H24O6. The van der Waals surface area contributed by atoms with Crippen molar-refractivity contribution in [1.82, 2.24) is 0 Å². The molecule has 0 bridgehead atoms. The highest BCUT2D eigenvalue weighted by atomic mass is 16.7. The van der Waals surface area contributed by atoms with E-state index >= 15 is 0 Å². The SMILES string of the molecule is COCOc1ccccc1C#CC(O)Cc1cccc(OC)c1OCOC. The van der Waals surface area contributed by atoms with Gasteiger partial charge in [0.05, 0.1) is 12.7 Å². The van der Waals surface area contributed by atoms with Crippen molar-refractivity contribution in [3.8, 4) is 29.1 Å². The lowest BCUT2D eigenvalue weighted by atomic mass is 10.1. The Kier molecular flexibility index (Phi) is 8.46. The van der Waals surface area contributed by atoms with Crippen molar-refractivity contribution < 1.29 is 28.8 Å². The van der Waals surface area contributed by atoms with Crippen LogP contribution in [-0.4, -0.2) is 46.1 Å². The molecule has 27 heavy (non-hydrogen) atoms. The van der Waals surface area contributed by atoms with E-state index in [9.17, 15) is 5.11 Å². The first-order valence-electron chi connectivity index (χ1n) is 8.37. The third-order valence-electron chi connectivity index (χ3n) is 3.61. The molecule has 2 aromatic rings. The number of methoxy groups -OCH3 is 3. The molecule has 2 rings (SSSR count). The Morgan fingerprint density at radius 1 is 0.889 bits per heavy atom. The molecule has 0 spiro atoms. The van der Waals surface area contributed by atoms with Gasteiger partial charge in [-0.15, -0.1) is 0 Å². The van der Waals surface area contributed by atoms with Crippen molar-refractivity contribution in [2.75, 3.05) is 34.9 Å². The summed E-state index contributed by atoms with van der Waals surface area (Å²) in [5.41, 5.74) is 1.45. The molecule has 1 unspecified atom stereocenters. The van der Waals surface area contributed by atoms with Crippen LogP contribution in [0.15, 0.2) is 42.5 Å². The largest absolute Gasteiger partial charge is 0.493 e. The standard InChI is InChI=1S/C21H24O6/c1-23-14-26-19-9-5-4-7-16(19)11-12-18(22)13-17-8-6-10-20(25-3)21(17)27-15-24-2/h4-10,18,22H,13-15H2,1-3H3. The topological polar surface area (TPSA) is 66.4 Å². The Balaban J connectivity index is 2.16. The summed E-state index contributed by atoms with van der Waals surface area (Å²) >= 11 is 0. The van der Waals surface area contributed by atoms with Crippen LogP contribution in [-0.2, 0) is 15.9 Å². The molecule has 0 saturated heterocycles. The van der Waals surface area contributed by atoms with Crippen LogP contribution in [0.3, 0.4) is 0 Å². The first-order chi connectivity index (χ1) is 13.2. The zero-order valence-electron chi connectivity index (χ0n) is 15.7. The second-order valence-corrected chi connectivity index (χ2v) is 5.54. The fourth-order valence-electron chi connectivity index (χ4n) is 2.40. The second kappa shape index (κ2) is 11.1. The quantitative estimate of drug-likeness (QED) is 0.539. The molecule has 0 aliphatic rings. The van der Waals surface area contributed by atoms with Gasteiger partial charge >= 0.3 is 0 Å². The van der Waals surface area contributed by atoms with Gasteiger partial charge in [0.1, 0.15) is 11.9 Å². The Hall–Kier alpha value is -2.72. The summed E-state index contributed by atoms with van der Waals surface area (Å²) in [5, 5.41) is 10.4. The van der Waals surface area contributed by atoms with Crippen molar-refractivity contribution in [3.05, 3.63) is 53.6 Å². The van der Waals surface area contributed by atoms with Crippen LogP contribution < -0.4 is 14.2 Å². The zero-order chi connectivity index (χ0) is 19.5. The zero-order valence-corrected chi connectivity index (χ0v) is 15.7. The predicted molar refractivity (Wildman–Crippen MR) is 101 cm³/mol. The number of ether oxygens (including phenoxy) is 5. The molecule has 0 heterocycles. The molecule has 1 atom stereocenters. The number of aliphatic hydroxyl groups excluding tert-OH is 1. The molecule has 0 aliphatic carbocycles. The highest BCUT2D eigenvalue weighted by molar-refractivity contribution is 5.48. The van der Waals surface area contributed by atoms with E-state index in [1.165, 1.54) is 0 Å². The van der Waals surface area contributed by atoms with Crippen molar-refractivity contribution in [2.24, 2.45) is 0 Å². The number of para-hydroxylation sites is 2. The Bertz CT molecular complexity index is 778. The van der Waals surface area contributed by atoms with Gasteiger partial charge in [-0.1, -0.05) is 36.1 Å². The summed E-state index contributed by atoms with van der Waals surface area (Å²) in [6.07, 6.45) is -0.609. The van der Waals surface area contributed by atoms with E-state index in [0.29, 0.717) is 22.8 Å². The normalized spacial score (nSPS) is 11.3. The van der Waals surface area contributed by atoms with Crippen molar-refractivity contribution in [3.63, 3.8) is 0 Å². The Labute approximate surface area is 159 Å². The molecule has 0 radical (unpaired) electrons. The van der Waals surface area contributed by atoms with Gasteiger partial charge in [-0.05, 0) is 18.2 Å². The van der Waals surface area contributed by atoms with Crippen LogP contribution in [0.25, 0.3) is 0 Å². The van der Waals surface area contributed by atoms with E-state index in [2.05, 4.69) is 11.8 Å². The number of hydrogen-bond acceptors (Lipinski definition) is 6. The van der Waals surface area contributed by atoms with Gasteiger partial charge in [0.15, 0.2) is 25.1 Å². The highest BCUT2D eigenvalue weighted by Gasteiger charge is 2.13. The number of hydrogen-bond donors (Lipinski definition) is 1. The van der Waals surface area contributed by atoms with E-state index in [4.69, 9.17) is 23.7 Å². The van der Waals surface area contributed by atoms with Crippen molar-refractivity contribution in [2.45, 2.75) is 12.5 Å². The summed E-state index contributed by atoms with van der Waals surface area (Å²) in [4.78, 5) is 0. The number of rotatable bonds is 9. The van der Waals surface area contributed by atoms with Gasteiger partial charge in [-0.2, -0.15) is 0 Å². The van der Waals surface area contributed by atoms with Crippen molar-refractivity contribution >= 4 is 0 Å². The first kappa shape index (κ1) is 20.6. The maximum atomic E-state index is 10.4. The second-order valence-electron chi connectivity index (χ2n) is 5.54. The van der Waals surface area contributed by atoms with E-state index < -0.39 is 6.10 Å². The maximum absolute atomic E-state index is 10.4. The predicted octanol–water partition coefficient (Wildman–Crippen LogP) is 2.62. The molecule has 6 heteroatoms. The number of benzene rings is 2. The molecule has 6 nitrogen and oxygen atoms in total. The number of aliphatic hydroxyl groups is 1. The monoisotopic (exact) mass is 372 g/mol. The van der Waals surface area contributed by atoms with E-state index in [1.807, 2.05) is 30.3 Å². The smallest absolute Gasteiger partial charge is 0.188 e.